The molecule has 0 saturated carbocycles. The first-order valence-corrected chi connectivity index (χ1v) is 18.5. The number of ether oxygens (including phenoxy) is 3. The van der Waals surface area contributed by atoms with Crippen molar-refractivity contribution >= 4 is 79.9 Å². The Labute approximate surface area is 318 Å². The number of carbonyl (C=O) groups is 1. The summed E-state index contributed by atoms with van der Waals surface area (Å²) >= 11 is 5.64. The summed E-state index contributed by atoms with van der Waals surface area (Å²) in [5, 5.41) is 11.1. The molecule has 13 heteroatoms. The van der Waals surface area contributed by atoms with E-state index >= 15 is 0 Å². The molecule has 0 unspecified atom stereocenters. The molecule has 0 fully saturated rings. The molecule has 254 valence electrons. The van der Waals surface area contributed by atoms with Crippen LogP contribution in [0.5, 0.6) is 11.5 Å². The van der Waals surface area contributed by atoms with Gasteiger partial charge in [-0.25, -0.2) is 9.79 Å². The predicted octanol–water partition coefficient (Wildman–Crippen LogP) is 7.03. The highest BCUT2D eigenvalue weighted by molar-refractivity contribution is 14.1. The van der Waals surface area contributed by atoms with Crippen LogP contribution in [-0.4, -0.2) is 28.7 Å². The third-order valence-corrected chi connectivity index (χ3v) is 10.1. The number of non-ortho nitro benzene ring substituents is 1. The standard InChI is InChI=1S/C37H29I2N3O7S/c1-3-47-28-16-12-24(13-17-28)33-31(36(44)48-4-2)32(23-8-6-5-7-9-23)40-37-41(33)35(43)30(50-37)19-25-18-26(38)20-29(39)34(25)49-21-22-10-14-27(15-11-22)42(45)46/h5-20,33H,3-4,21H2,1-2H3/b30-19-/t33-/m0/s1. The van der Waals surface area contributed by atoms with Gasteiger partial charge in [0, 0.05) is 26.8 Å². The van der Waals surface area contributed by atoms with Gasteiger partial charge in [-0.2, -0.15) is 0 Å². The van der Waals surface area contributed by atoms with E-state index in [1.807, 2.05) is 73.7 Å². The SMILES string of the molecule is CCOC(=O)C1=C(c2ccccc2)N=c2s/c(=C\c3cc(I)cc(I)c3OCc3ccc([N+](=O)[O-])cc3)c(=O)n2[C@H]1c1ccc(OCC)cc1. The fourth-order valence-corrected chi connectivity index (χ4v) is 8.56. The summed E-state index contributed by atoms with van der Waals surface area (Å²) in [7, 11) is 0. The van der Waals surface area contributed by atoms with E-state index in [4.69, 9.17) is 19.2 Å². The largest absolute Gasteiger partial charge is 0.494 e. The second-order valence-corrected chi connectivity index (χ2v) is 14.4. The lowest BCUT2D eigenvalue weighted by molar-refractivity contribution is -0.384. The second kappa shape index (κ2) is 15.7. The van der Waals surface area contributed by atoms with Crippen LogP contribution in [0.1, 0.15) is 42.1 Å². The summed E-state index contributed by atoms with van der Waals surface area (Å²) in [6.45, 7) is 4.46. The molecule has 4 aromatic carbocycles. The van der Waals surface area contributed by atoms with E-state index in [1.165, 1.54) is 23.5 Å². The Hall–Kier alpha value is -4.35. The number of esters is 1. The summed E-state index contributed by atoms with van der Waals surface area (Å²) in [6, 6.07) is 26.0. The first-order valence-electron chi connectivity index (χ1n) is 15.5. The van der Waals surface area contributed by atoms with Crippen molar-refractivity contribution in [2.45, 2.75) is 26.5 Å². The zero-order chi connectivity index (χ0) is 35.4. The van der Waals surface area contributed by atoms with Crippen LogP contribution < -0.4 is 24.4 Å². The third-order valence-electron chi connectivity index (χ3n) is 7.73. The van der Waals surface area contributed by atoms with Crippen LogP contribution in [-0.2, 0) is 16.1 Å². The number of benzene rings is 4. The molecule has 1 aliphatic rings. The van der Waals surface area contributed by atoms with Crippen molar-refractivity contribution in [1.29, 1.82) is 0 Å². The van der Waals surface area contributed by atoms with Crippen molar-refractivity contribution in [2.24, 2.45) is 4.99 Å². The summed E-state index contributed by atoms with van der Waals surface area (Å²) in [4.78, 5) is 44.3. The molecule has 1 aliphatic heterocycles. The Kier molecular flexibility index (Phi) is 11.1. The zero-order valence-electron chi connectivity index (χ0n) is 26.8. The number of aromatic nitrogens is 1. The number of hydrogen-bond acceptors (Lipinski definition) is 9. The average Bonchev–Trinajstić information content (AvgIpc) is 3.42. The number of nitro benzene ring substituents is 1. The molecular weight excluding hydrogens is 884 g/mol. The van der Waals surface area contributed by atoms with E-state index in [-0.39, 0.29) is 30.0 Å². The first kappa shape index (κ1) is 35.5. The van der Waals surface area contributed by atoms with E-state index < -0.39 is 16.9 Å². The fraction of sp³-hybridized carbons (Fsp3) is 0.162. The van der Waals surface area contributed by atoms with Crippen LogP contribution in [0.25, 0.3) is 11.8 Å². The number of fused-ring (bicyclic) bond motifs is 1. The van der Waals surface area contributed by atoms with Gasteiger partial charge in [-0.05, 0) is 113 Å². The Bertz CT molecular complexity index is 2290. The summed E-state index contributed by atoms with van der Waals surface area (Å²) in [5.41, 5.74) is 3.23. The van der Waals surface area contributed by atoms with Crippen LogP contribution in [0, 0.1) is 17.3 Å². The maximum Gasteiger partial charge on any atom is 0.338 e. The van der Waals surface area contributed by atoms with Gasteiger partial charge >= 0.3 is 5.97 Å². The molecule has 0 aliphatic carbocycles. The summed E-state index contributed by atoms with van der Waals surface area (Å²) in [6.07, 6.45) is 1.78. The molecule has 1 aromatic heterocycles. The lowest BCUT2D eigenvalue weighted by Crippen LogP contribution is -2.40. The summed E-state index contributed by atoms with van der Waals surface area (Å²) in [5.74, 6) is 0.677. The van der Waals surface area contributed by atoms with Gasteiger partial charge in [-0.1, -0.05) is 53.8 Å². The van der Waals surface area contributed by atoms with Crippen molar-refractivity contribution in [3.8, 4) is 11.5 Å². The van der Waals surface area contributed by atoms with E-state index in [1.54, 1.807) is 29.7 Å². The predicted molar refractivity (Wildman–Crippen MR) is 208 cm³/mol. The van der Waals surface area contributed by atoms with Crippen molar-refractivity contribution < 1.29 is 23.9 Å². The number of carbonyl (C=O) groups excluding carboxylic acids is 1. The number of hydrogen-bond donors (Lipinski definition) is 0. The minimum absolute atomic E-state index is 0.00117. The maximum atomic E-state index is 14.5. The van der Waals surface area contributed by atoms with Gasteiger partial charge in [-0.3, -0.25) is 19.5 Å². The Balaban J connectivity index is 1.52. The number of halogens is 2. The normalized spacial score (nSPS) is 14.2. The molecule has 0 spiro atoms. The molecule has 0 N–H and O–H groups in total. The average molecular weight is 914 g/mol. The summed E-state index contributed by atoms with van der Waals surface area (Å²) < 4.78 is 21.3. The molecule has 6 rings (SSSR count). The molecule has 0 saturated heterocycles. The van der Waals surface area contributed by atoms with E-state index in [0.29, 0.717) is 44.3 Å². The molecule has 1 atom stereocenters. The first-order chi connectivity index (χ1) is 24.2. The van der Waals surface area contributed by atoms with Crippen LogP contribution in [0.15, 0.2) is 106 Å². The number of thiazole rings is 1. The highest BCUT2D eigenvalue weighted by atomic mass is 127. The van der Waals surface area contributed by atoms with Crippen molar-refractivity contribution in [2.75, 3.05) is 13.2 Å². The van der Waals surface area contributed by atoms with Crippen molar-refractivity contribution in [1.82, 2.24) is 4.57 Å². The topological polar surface area (TPSA) is 122 Å². The minimum Gasteiger partial charge on any atom is -0.494 e. The van der Waals surface area contributed by atoms with Gasteiger partial charge in [0.25, 0.3) is 11.2 Å². The van der Waals surface area contributed by atoms with Gasteiger partial charge in [0.2, 0.25) is 0 Å². The van der Waals surface area contributed by atoms with Gasteiger partial charge in [-0.15, -0.1) is 0 Å². The van der Waals surface area contributed by atoms with Gasteiger partial charge in [0.15, 0.2) is 4.80 Å². The molecule has 5 aromatic rings. The smallest absolute Gasteiger partial charge is 0.338 e. The van der Waals surface area contributed by atoms with E-state index in [2.05, 4.69) is 45.2 Å². The Morgan fingerprint density at radius 1 is 0.980 bits per heavy atom. The monoisotopic (exact) mass is 913 g/mol. The molecule has 0 bridgehead atoms. The number of nitro groups is 1. The van der Waals surface area contributed by atoms with Crippen LogP contribution in [0.4, 0.5) is 5.69 Å². The van der Waals surface area contributed by atoms with Crippen LogP contribution in [0.3, 0.4) is 0 Å². The molecule has 10 nitrogen and oxygen atoms in total. The second-order valence-electron chi connectivity index (χ2n) is 11.0. The third kappa shape index (κ3) is 7.54. The molecule has 0 radical (unpaired) electrons. The lowest BCUT2D eigenvalue weighted by Gasteiger charge is -2.26. The van der Waals surface area contributed by atoms with Gasteiger partial charge < -0.3 is 14.2 Å². The van der Waals surface area contributed by atoms with Crippen molar-refractivity contribution in [3.05, 3.63) is 156 Å². The Morgan fingerprint density at radius 3 is 2.36 bits per heavy atom. The maximum absolute atomic E-state index is 14.5. The molecule has 50 heavy (non-hydrogen) atoms. The van der Waals surface area contributed by atoms with Crippen LogP contribution in [0.2, 0.25) is 0 Å². The van der Waals surface area contributed by atoms with Crippen molar-refractivity contribution in [3.63, 3.8) is 0 Å². The lowest BCUT2D eigenvalue weighted by atomic mass is 9.93. The fourth-order valence-electron chi connectivity index (χ4n) is 5.52. The van der Waals surface area contributed by atoms with E-state index in [9.17, 15) is 19.7 Å². The zero-order valence-corrected chi connectivity index (χ0v) is 31.9. The van der Waals surface area contributed by atoms with Gasteiger partial charge in [0.05, 0.1) is 43.6 Å². The van der Waals surface area contributed by atoms with E-state index in [0.717, 1.165) is 18.3 Å². The molecular formula is C37H29I2N3O7S. The Morgan fingerprint density at radius 2 is 1.70 bits per heavy atom. The number of rotatable bonds is 11. The van der Waals surface area contributed by atoms with Crippen LogP contribution >= 0.6 is 56.5 Å². The molecule has 0 amide bonds. The quantitative estimate of drug-likeness (QED) is 0.0604. The minimum atomic E-state index is -0.827. The number of nitrogens with zero attached hydrogens (tertiary/aromatic N) is 3. The highest BCUT2D eigenvalue weighted by Gasteiger charge is 2.35. The highest BCUT2D eigenvalue weighted by Crippen LogP contribution is 2.36. The van der Waals surface area contributed by atoms with Gasteiger partial charge in [0.1, 0.15) is 18.1 Å². The molecule has 2 heterocycles.